The molecular formula is C18H20N3O8P. The van der Waals surface area contributed by atoms with Crippen LogP contribution in [0.15, 0.2) is 48.8 Å². The van der Waals surface area contributed by atoms with E-state index in [-0.39, 0.29) is 11.3 Å². The second-order valence-corrected chi connectivity index (χ2v) is 7.45. The number of carbonyl (C=O) groups is 1. The van der Waals surface area contributed by atoms with Crippen LogP contribution in [0.4, 0.5) is 5.69 Å². The molecule has 1 fully saturated rings. The van der Waals surface area contributed by atoms with Crippen molar-refractivity contribution in [3.63, 3.8) is 0 Å². The minimum atomic E-state index is -2.07. The number of rotatable bonds is 9. The van der Waals surface area contributed by atoms with Gasteiger partial charge < -0.3 is 24.0 Å². The van der Waals surface area contributed by atoms with Crippen molar-refractivity contribution >= 4 is 20.0 Å². The summed E-state index contributed by atoms with van der Waals surface area (Å²) in [6.45, 7) is -0.829. The quantitative estimate of drug-likeness (QED) is 0.225. The SMILES string of the molecule is NP(OCC(=O)c1ccc([N+](=O)[O-])cc1)O[C@@H]1[C@H](O)[C@@H](CO)O[C@H]1c1cccnc1. The fourth-order valence-corrected chi connectivity index (χ4v) is 3.72. The third-order valence-electron chi connectivity index (χ3n) is 4.48. The molecule has 1 saturated heterocycles. The van der Waals surface area contributed by atoms with E-state index in [4.69, 9.17) is 19.3 Å². The smallest absolute Gasteiger partial charge is 0.269 e. The summed E-state index contributed by atoms with van der Waals surface area (Å²) in [4.78, 5) is 26.3. The molecule has 0 aliphatic carbocycles. The van der Waals surface area contributed by atoms with E-state index in [0.29, 0.717) is 5.56 Å². The fraction of sp³-hybridized carbons (Fsp3) is 0.333. The van der Waals surface area contributed by atoms with Crippen LogP contribution in [0.1, 0.15) is 22.0 Å². The van der Waals surface area contributed by atoms with Crippen LogP contribution in [0.3, 0.4) is 0 Å². The minimum absolute atomic E-state index is 0.132. The van der Waals surface area contributed by atoms with Crippen LogP contribution in [0.5, 0.6) is 0 Å². The number of nitrogens with two attached hydrogens (primary N) is 1. The number of nitro benzene ring substituents is 1. The highest BCUT2D eigenvalue weighted by molar-refractivity contribution is 7.44. The van der Waals surface area contributed by atoms with Gasteiger partial charge in [-0.1, -0.05) is 6.07 Å². The Bertz CT molecular complexity index is 869. The predicted octanol–water partition coefficient (Wildman–Crippen LogP) is 1.25. The Hall–Kier alpha value is -2.37. The molecule has 11 nitrogen and oxygen atoms in total. The van der Waals surface area contributed by atoms with Gasteiger partial charge in [0, 0.05) is 35.7 Å². The maximum absolute atomic E-state index is 12.2. The molecular weight excluding hydrogens is 417 g/mol. The first-order chi connectivity index (χ1) is 14.4. The molecule has 4 N–H and O–H groups in total. The normalized spacial score (nSPS) is 24.5. The molecule has 0 bridgehead atoms. The zero-order chi connectivity index (χ0) is 21.7. The summed E-state index contributed by atoms with van der Waals surface area (Å²) in [6.07, 6.45) is -0.569. The number of nitrogens with zero attached hydrogens (tertiary/aromatic N) is 2. The summed E-state index contributed by atoms with van der Waals surface area (Å²) >= 11 is 0. The third-order valence-corrected chi connectivity index (χ3v) is 5.31. The van der Waals surface area contributed by atoms with Crippen LogP contribution in [0.2, 0.25) is 0 Å². The molecule has 1 aliphatic rings. The average molecular weight is 437 g/mol. The largest absolute Gasteiger partial charge is 0.394 e. The summed E-state index contributed by atoms with van der Waals surface area (Å²) < 4.78 is 16.6. The number of nitro groups is 1. The van der Waals surface area contributed by atoms with Gasteiger partial charge in [-0.15, -0.1) is 0 Å². The number of pyridine rings is 1. The average Bonchev–Trinajstić information content (AvgIpc) is 3.08. The lowest BCUT2D eigenvalue weighted by Crippen LogP contribution is -2.34. The number of non-ortho nitro benzene ring substituents is 1. The van der Waals surface area contributed by atoms with Crippen molar-refractivity contribution in [2.75, 3.05) is 13.2 Å². The third kappa shape index (κ3) is 5.21. The molecule has 5 atom stereocenters. The molecule has 1 unspecified atom stereocenters. The van der Waals surface area contributed by atoms with E-state index in [1.807, 2.05) is 0 Å². The summed E-state index contributed by atoms with van der Waals surface area (Å²) in [7, 11) is -2.07. The van der Waals surface area contributed by atoms with Gasteiger partial charge in [0.2, 0.25) is 0 Å². The molecule has 3 rings (SSSR count). The Morgan fingerprint density at radius 2 is 2.07 bits per heavy atom. The molecule has 0 spiro atoms. The standard InChI is InChI=1S/C18H20N3O8P/c19-30(27-10-14(23)11-3-5-13(6-4-11)21(25)26)29-18-16(24)15(9-22)28-17(18)12-2-1-7-20-8-12/h1-8,15-18,22,24H,9-10,19H2/t15-,16-,17+,18-,30?/m1/s1. The number of aliphatic hydroxyl groups is 2. The number of carbonyl (C=O) groups excluding carboxylic acids is 1. The van der Waals surface area contributed by atoms with Crippen LogP contribution >= 0.6 is 8.53 Å². The number of benzene rings is 1. The molecule has 160 valence electrons. The van der Waals surface area contributed by atoms with E-state index >= 15 is 0 Å². The highest BCUT2D eigenvalue weighted by Crippen LogP contribution is 2.42. The number of aliphatic hydroxyl groups excluding tert-OH is 2. The second kappa shape index (κ2) is 10.1. The highest BCUT2D eigenvalue weighted by Gasteiger charge is 2.46. The molecule has 0 amide bonds. The van der Waals surface area contributed by atoms with Gasteiger partial charge in [0.1, 0.15) is 31.0 Å². The van der Waals surface area contributed by atoms with E-state index in [1.54, 1.807) is 24.5 Å². The number of Topliss-reactive ketones (excluding diaryl/α,β-unsaturated/α-hetero) is 1. The van der Waals surface area contributed by atoms with Gasteiger partial charge in [0.25, 0.3) is 14.2 Å². The molecule has 0 radical (unpaired) electrons. The van der Waals surface area contributed by atoms with E-state index in [0.717, 1.165) is 0 Å². The van der Waals surface area contributed by atoms with Crippen LogP contribution in [-0.2, 0) is 13.8 Å². The molecule has 1 aliphatic heterocycles. The molecule has 1 aromatic heterocycles. The van der Waals surface area contributed by atoms with Crippen molar-refractivity contribution in [2.24, 2.45) is 5.50 Å². The van der Waals surface area contributed by atoms with Crippen LogP contribution in [-0.4, -0.2) is 57.4 Å². The fourth-order valence-electron chi connectivity index (χ4n) is 2.94. The Morgan fingerprint density at radius 3 is 2.67 bits per heavy atom. The van der Waals surface area contributed by atoms with Gasteiger partial charge in [-0.3, -0.25) is 25.4 Å². The monoisotopic (exact) mass is 437 g/mol. The molecule has 2 aromatic rings. The van der Waals surface area contributed by atoms with Crippen LogP contribution < -0.4 is 5.50 Å². The Kier molecular flexibility index (Phi) is 7.51. The van der Waals surface area contributed by atoms with Crippen molar-refractivity contribution in [3.05, 3.63) is 70.0 Å². The summed E-state index contributed by atoms with van der Waals surface area (Å²) in [5.74, 6) is -0.438. The van der Waals surface area contributed by atoms with E-state index in [2.05, 4.69) is 4.98 Å². The summed E-state index contributed by atoms with van der Waals surface area (Å²) in [6, 6.07) is 8.51. The zero-order valence-electron chi connectivity index (χ0n) is 15.6. The van der Waals surface area contributed by atoms with Gasteiger partial charge in [-0.25, -0.2) is 0 Å². The maximum Gasteiger partial charge on any atom is 0.269 e. The van der Waals surface area contributed by atoms with Gasteiger partial charge >= 0.3 is 0 Å². The minimum Gasteiger partial charge on any atom is -0.394 e. The molecule has 12 heteroatoms. The maximum atomic E-state index is 12.2. The highest BCUT2D eigenvalue weighted by atomic mass is 31.2. The molecule has 30 heavy (non-hydrogen) atoms. The first-order valence-electron chi connectivity index (χ1n) is 8.87. The van der Waals surface area contributed by atoms with E-state index < -0.39 is 56.9 Å². The summed E-state index contributed by atoms with van der Waals surface area (Å²) in [5, 5.41) is 30.5. The van der Waals surface area contributed by atoms with Gasteiger partial charge in [0.15, 0.2) is 5.78 Å². The van der Waals surface area contributed by atoms with E-state index in [1.165, 1.54) is 24.3 Å². The topological polar surface area (TPSA) is 167 Å². The van der Waals surface area contributed by atoms with Crippen molar-refractivity contribution in [3.8, 4) is 0 Å². The van der Waals surface area contributed by atoms with Crippen molar-refractivity contribution in [2.45, 2.75) is 24.4 Å². The first-order valence-corrected chi connectivity index (χ1v) is 10.1. The predicted molar refractivity (Wildman–Crippen MR) is 104 cm³/mol. The lowest BCUT2D eigenvalue weighted by Gasteiger charge is -2.23. The van der Waals surface area contributed by atoms with Crippen molar-refractivity contribution < 1.29 is 33.7 Å². The van der Waals surface area contributed by atoms with Gasteiger partial charge in [-0.05, 0) is 18.2 Å². The first kappa shape index (κ1) is 22.3. The molecule has 2 heterocycles. The number of ether oxygens (including phenoxy) is 1. The van der Waals surface area contributed by atoms with Crippen LogP contribution in [0, 0.1) is 10.1 Å². The number of aromatic nitrogens is 1. The van der Waals surface area contributed by atoms with E-state index in [9.17, 15) is 25.1 Å². The Balaban J connectivity index is 1.60. The Morgan fingerprint density at radius 1 is 1.33 bits per heavy atom. The van der Waals surface area contributed by atoms with Gasteiger partial charge in [-0.2, -0.15) is 0 Å². The lowest BCUT2D eigenvalue weighted by atomic mass is 10.0. The van der Waals surface area contributed by atoms with Gasteiger partial charge in [0.05, 0.1) is 11.5 Å². The molecule has 1 aromatic carbocycles. The number of hydrogen-bond donors (Lipinski definition) is 3. The second-order valence-electron chi connectivity index (χ2n) is 6.41. The van der Waals surface area contributed by atoms with Crippen molar-refractivity contribution in [1.29, 1.82) is 0 Å². The Labute approximate surface area is 172 Å². The molecule has 0 saturated carbocycles. The van der Waals surface area contributed by atoms with Crippen molar-refractivity contribution in [1.82, 2.24) is 4.98 Å². The number of hydrogen-bond acceptors (Lipinski definition) is 10. The number of ketones is 1. The summed E-state index contributed by atoms with van der Waals surface area (Å²) in [5.41, 5.74) is 6.59. The zero-order valence-corrected chi connectivity index (χ0v) is 16.5. The lowest BCUT2D eigenvalue weighted by molar-refractivity contribution is -0.384. The van der Waals surface area contributed by atoms with Crippen LogP contribution in [0.25, 0.3) is 0 Å².